The number of imide groups is 1. The Morgan fingerprint density at radius 2 is 1.94 bits per heavy atom. The fourth-order valence-electron chi connectivity index (χ4n) is 1.47. The summed E-state index contributed by atoms with van der Waals surface area (Å²) < 4.78 is 28.0. The first-order valence-corrected chi connectivity index (χ1v) is 5.51. The lowest BCUT2D eigenvalue weighted by Crippen LogP contribution is -2.61. The zero-order chi connectivity index (χ0) is 13.6. The number of aliphatic carboxylic acids is 1. The summed E-state index contributed by atoms with van der Waals surface area (Å²) in [6.45, 7) is 0. The van der Waals surface area contributed by atoms with Crippen molar-refractivity contribution in [2.24, 2.45) is 5.73 Å². The van der Waals surface area contributed by atoms with Crippen molar-refractivity contribution in [3.05, 3.63) is 0 Å². The minimum absolute atomic E-state index is 0.573. The Morgan fingerprint density at radius 3 is 2.18 bits per heavy atom. The van der Waals surface area contributed by atoms with Gasteiger partial charge in [0.25, 0.3) is 21.9 Å². The number of hydroxylamine groups is 2. The number of amides is 2. The third kappa shape index (κ3) is 1.68. The highest BCUT2D eigenvalue weighted by Crippen LogP contribution is 2.33. The summed E-state index contributed by atoms with van der Waals surface area (Å²) in [5.74, 6) is -5.08. The third-order valence-electron chi connectivity index (χ3n) is 2.43. The molecule has 1 fully saturated rings. The molecule has 0 spiro atoms. The van der Waals surface area contributed by atoms with E-state index in [9.17, 15) is 22.8 Å². The molecule has 2 amide bonds. The number of carbonyl (C=O) groups is 3. The first kappa shape index (κ1) is 13.5. The lowest BCUT2D eigenvalue weighted by atomic mass is 9.97. The summed E-state index contributed by atoms with van der Waals surface area (Å²) in [6.07, 6.45) is -1.24. The summed E-state index contributed by atoms with van der Waals surface area (Å²) in [6, 6.07) is -2.38. The van der Waals surface area contributed by atoms with Gasteiger partial charge < -0.3 is 10.8 Å². The van der Waals surface area contributed by atoms with Crippen LogP contribution in [0.5, 0.6) is 0 Å². The average molecular weight is 268 g/mol. The molecule has 5 N–H and O–H groups in total. The molecule has 0 aromatic carbocycles. The quantitative estimate of drug-likeness (QED) is 0.239. The molecule has 0 radical (unpaired) electrons. The van der Waals surface area contributed by atoms with Gasteiger partial charge in [-0.1, -0.05) is 0 Å². The van der Waals surface area contributed by atoms with Gasteiger partial charge in [-0.25, -0.2) is 0 Å². The van der Waals surface area contributed by atoms with Crippen molar-refractivity contribution < 1.29 is 37.7 Å². The molecule has 1 heterocycles. The van der Waals surface area contributed by atoms with Crippen molar-refractivity contribution in [2.45, 2.75) is 17.2 Å². The number of carbonyl (C=O) groups excluding carboxylic acids is 2. The van der Waals surface area contributed by atoms with Gasteiger partial charge in [-0.15, -0.1) is 0 Å². The number of nitrogens with two attached hydrogens (primary N) is 1. The van der Waals surface area contributed by atoms with Gasteiger partial charge in [0.1, 0.15) is 6.04 Å². The van der Waals surface area contributed by atoms with Crippen molar-refractivity contribution in [2.75, 3.05) is 0 Å². The molecule has 0 aromatic heterocycles. The number of carboxylic acids is 1. The molecule has 11 heteroatoms. The highest BCUT2D eigenvalue weighted by Gasteiger charge is 2.66. The Labute approximate surface area is 94.3 Å². The molecule has 1 aliphatic heterocycles. The van der Waals surface area contributed by atoms with Crippen molar-refractivity contribution in [3.8, 4) is 0 Å². The van der Waals surface area contributed by atoms with Gasteiger partial charge in [-0.05, 0) is 0 Å². The van der Waals surface area contributed by atoms with Crippen molar-refractivity contribution >= 4 is 27.9 Å². The third-order valence-corrected chi connectivity index (χ3v) is 3.93. The second-order valence-electron chi connectivity index (χ2n) is 3.37. The largest absolute Gasteiger partial charge is 0.480 e. The molecular formula is C6H8N2O8S. The Hall–Kier alpha value is -1.56. The first-order valence-electron chi connectivity index (χ1n) is 4.07. The number of hydrogen-bond donors (Lipinski definition) is 4. The predicted molar refractivity (Wildman–Crippen MR) is 48.1 cm³/mol. The SMILES string of the molecule is NC(C(=O)O)C1(S(=O)(=O)O)CC(=O)N(O)C1=O. The number of rotatable bonds is 3. The van der Waals surface area contributed by atoms with Crippen molar-refractivity contribution in [3.63, 3.8) is 0 Å². The van der Waals surface area contributed by atoms with Crippen LogP contribution in [-0.2, 0) is 24.5 Å². The van der Waals surface area contributed by atoms with Crippen LogP contribution in [0.1, 0.15) is 6.42 Å². The molecule has 2 unspecified atom stereocenters. The lowest BCUT2D eigenvalue weighted by molar-refractivity contribution is -0.172. The van der Waals surface area contributed by atoms with E-state index in [0.29, 0.717) is 0 Å². The van der Waals surface area contributed by atoms with Gasteiger partial charge in [0.15, 0.2) is 0 Å². The van der Waals surface area contributed by atoms with Gasteiger partial charge in [-0.2, -0.15) is 13.5 Å². The minimum Gasteiger partial charge on any atom is -0.480 e. The van der Waals surface area contributed by atoms with Crippen molar-refractivity contribution in [1.82, 2.24) is 5.06 Å². The summed E-state index contributed by atoms with van der Waals surface area (Å²) in [4.78, 5) is 33.0. The van der Waals surface area contributed by atoms with Crippen LogP contribution in [-0.4, -0.2) is 56.9 Å². The Kier molecular flexibility index (Phi) is 2.96. The number of hydrogen-bond acceptors (Lipinski definition) is 7. The molecule has 1 aliphatic rings. The highest BCUT2D eigenvalue weighted by atomic mass is 32.2. The molecule has 10 nitrogen and oxygen atoms in total. The maximum atomic E-state index is 11.4. The molecule has 1 rings (SSSR count). The van der Waals surface area contributed by atoms with Crippen LogP contribution in [0.15, 0.2) is 0 Å². The van der Waals surface area contributed by atoms with Crippen LogP contribution in [0.3, 0.4) is 0 Å². The summed E-state index contributed by atoms with van der Waals surface area (Å²) in [5.41, 5.74) is 5.01. The zero-order valence-electron chi connectivity index (χ0n) is 8.10. The molecule has 0 bridgehead atoms. The van der Waals surface area contributed by atoms with E-state index in [0.717, 1.165) is 0 Å². The summed E-state index contributed by atoms with van der Waals surface area (Å²) >= 11 is 0. The van der Waals surface area contributed by atoms with Crippen LogP contribution in [0.4, 0.5) is 0 Å². The van der Waals surface area contributed by atoms with E-state index in [1.165, 1.54) is 0 Å². The maximum absolute atomic E-state index is 11.4. The van der Waals surface area contributed by atoms with E-state index in [-0.39, 0.29) is 0 Å². The molecule has 17 heavy (non-hydrogen) atoms. The van der Waals surface area contributed by atoms with Crippen LogP contribution < -0.4 is 5.73 Å². The van der Waals surface area contributed by atoms with Crippen LogP contribution >= 0.6 is 0 Å². The van der Waals surface area contributed by atoms with Crippen molar-refractivity contribution in [1.29, 1.82) is 0 Å². The molecule has 0 aromatic rings. The zero-order valence-corrected chi connectivity index (χ0v) is 8.92. The van der Waals surface area contributed by atoms with Gasteiger partial charge in [0, 0.05) is 0 Å². The molecule has 96 valence electrons. The maximum Gasteiger partial charge on any atom is 0.322 e. The minimum atomic E-state index is -5.30. The molecular weight excluding hydrogens is 260 g/mol. The van der Waals surface area contributed by atoms with Gasteiger partial charge in [0.2, 0.25) is 4.75 Å². The van der Waals surface area contributed by atoms with Gasteiger partial charge in [0.05, 0.1) is 6.42 Å². The average Bonchev–Trinajstić information content (AvgIpc) is 2.41. The van der Waals surface area contributed by atoms with E-state index in [1.54, 1.807) is 0 Å². The van der Waals surface area contributed by atoms with E-state index in [1.807, 2.05) is 0 Å². The highest BCUT2D eigenvalue weighted by molar-refractivity contribution is 7.88. The second kappa shape index (κ2) is 3.73. The second-order valence-corrected chi connectivity index (χ2v) is 5.05. The van der Waals surface area contributed by atoms with Crippen LogP contribution in [0.25, 0.3) is 0 Å². The van der Waals surface area contributed by atoms with E-state index < -0.39 is 50.2 Å². The van der Waals surface area contributed by atoms with E-state index in [2.05, 4.69) is 0 Å². The van der Waals surface area contributed by atoms with Crippen LogP contribution in [0, 0.1) is 0 Å². The first-order chi connectivity index (χ1) is 7.55. The molecule has 0 saturated carbocycles. The van der Waals surface area contributed by atoms with Gasteiger partial charge >= 0.3 is 5.97 Å². The molecule has 0 aliphatic carbocycles. The summed E-state index contributed by atoms with van der Waals surface area (Å²) in [5, 5.41) is 16.9. The fraction of sp³-hybridized carbons (Fsp3) is 0.500. The number of carboxylic acid groups (broad SMARTS) is 1. The van der Waals surface area contributed by atoms with Gasteiger partial charge in [-0.3, -0.25) is 24.1 Å². The lowest BCUT2D eigenvalue weighted by Gasteiger charge is -2.25. The fourth-order valence-corrected chi connectivity index (χ4v) is 2.51. The Bertz CT molecular complexity index is 498. The smallest absolute Gasteiger partial charge is 0.322 e. The predicted octanol–water partition coefficient (Wildman–Crippen LogP) is -2.83. The molecule has 1 saturated heterocycles. The van der Waals surface area contributed by atoms with Crippen LogP contribution in [0.2, 0.25) is 0 Å². The molecule has 2 atom stereocenters. The topological polar surface area (TPSA) is 175 Å². The summed E-state index contributed by atoms with van der Waals surface area (Å²) in [7, 11) is -5.30. The number of nitrogens with zero attached hydrogens (tertiary/aromatic N) is 1. The Balaban J connectivity index is 3.49. The normalized spacial score (nSPS) is 27.4. The standard InChI is InChI=1S/C6H8N2O8S/c7-3(4(10)11)6(17(14,15)16)1-2(9)8(13)5(6)12/h3,13H,1,7H2,(H,10,11)(H,14,15,16). The monoisotopic (exact) mass is 268 g/mol. The van der Waals surface area contributed by atoms with E-state index >= 15 is 0 Å². The Morgan fingerprint density at radius 1 is 1.47 bits per heavy atom. The van der Waals surface area contributed by atoms with E-state index in [4.69, 9.17) is 20.6 Å².